The molecule has 3 heterocycles. The monoisotopic (exact) mass is 600 g/mol. The highest BCUT2D eigenvalue weighted by atomic mass is 16.3. The zero-order chi connectivity index (χ0) is 31.1. The second kappa shape index (κ2) is 9.71. The molecule has 0 amide bonds. The summed E-state index contributed by atoms with van der Waals surface area (Å²) in [4.78, 5) is 0. The second-order valence-corrected chi connectivity index (χ2v) is 12.0. The van der Waals surface area contributed by atoms with Crippen LogP contribution in [0.4, 0.5) is 0 Å². The number of nitrogens with zero attached hydrogens (tertiary/aromatic N) is 2. The van der Waals surface area contributed by atoms with Crippen LogP contribution in [0.2, 0.25) is 0 Å². The number of nitriles is 1. The van der Waals surface area contributed by atoms with Crippen molar-refractivity contribution < 1.29 is 8.83 Å². The summed E-state index contributed by atoms with van der Waals surface area (Å²) >= 11 is 0. The minimum atomic E-state index is 0.640. The molecule has 3 aromatic heterocycles. The van der Waals surface area contributed by atoms with E-state index in [1.165, 1.54) is 5.39 Å². The average Bonchev–Trinajstić information content (AvgIpc) is 3.79. The van der Waals surface area contributed by atoms with E-state index < -0.39 is 0 Å². The van der Waals surface area contributed by atoms with Crippen LogP contribution < -0.4 is 0 Å². The van der Waals surface area contributed by atoms with E-state index in [1.54, 1.807) is 0 Å². The molecule has 218 valence electrons. The van der Waals surface area contributed by atoms with Gasteiger partial charge in [0.1, 0.15) is 22.3 Å². The normalized spacial score (nSPS) is 11.8. The molecule has 0 aliphatic carbocycles. The van der Waals surface area contributed by atoms with Crippen molar-refractivity contribution in [3.63, 3.8) is 0 Å². The van der Waals surface area contributed by atoms with Crippen molar-refractivity contribution in [3.8, 4) is 34.0 Å². The highest BCUT2D eigenvalue weighted by Gasteiger charge is 2.18. The summed E-state index contributed by atoms with van der Waals surface area (Å²) in [5, 5.41) is 16.2. The maximum Gasteiger partial charge on any atom is 0.136 e. The van der Waals surface area contributed by atoms with Gasteiger partial charge in [-0.15, -0.1) is 0 Å². The molecule has 0 radical (unpaired) electrons. The Morgan fingerprint density at radius 2 is 1.06 bits per heavy atom. The van der Waals surface area contributed by atoms with Crippen LogP contribution in [0.3, 0.4) is 0 Å². The summed E-state index contributed by atoms with van der Waals surface area (Å²) in [6, 6.07) is 52.7. The first-order valence-electron chi connectivity index (χ1n) is 15.6. The van der Waals surface area contributed by atoms with Crippen LogP contribution in [0.1, 0.15) is 5.56 Å². The molecule has 4 nitrogen and oxygen atoms in total. The van der Waals surface area contributed by atoms with Gasteiger partial charge in [-0.3, -0.25) is 0 Å². The van der Waals surface area contributed by atoms with Crippen LogP contribution in [0.5, 0.6) is 0 Å². The molecule has 0 fully saturated rings. The van der Waals surface area contributed by atoms with Crippen molar-refractivity contribution in [1.29, 1.82) is 5.26 Å². The van der Waals surface area contributed by atoms with Crippen LogP contribution in [0, 0.1) is 11.3 Å². The quantitative estimate of drug-likeness (QED) is 0.203. The number of hydrogen-bond donors (Lipinski definition) is 0. The summed E-state index contributed by atoms with van der Waals surface area (Å²) in [6.45, 7) is 0. The largest absolute Gasteiger partial charge is 0.456 e. The Morgan fingerprint density at radius 3 is 1.83 bits per heavy atom. The first-order chi connectivity index (χ1) is 23.2. The van der Waals surface area contributed by atoms with Gasteiger partial charge < -0.3 is 13.4 Å². The van der Waals surface area contributed by atoms with Crippen molar-refractivity contribution in [3.05, 3.63) is 151 Å². The smallest absolute Gasteiger partial charge is 0.136 e. The van der Waals surface area contributed by atoms with Crippen LogP contribution in [0.25, 0.3) is 93.6 Å². The molecule has 4 heteroatoms. The Hall–Kier alpha value is -6.57. The van der Waals surface area contributed by atoms with E-state index in [4.69, 9.17) is 8.83 Å². The van der Waals surface area contributed by atoms with Crippen molar-refractivity contribution in [2.24, 2.45) is 0 Å². The van der Waals surface area contributed by atoms with Gasteiger partial charge in [0, 0.05) is 38.0 Å². The molecule has 0 atom stereocenters. The predicted molar refractivity (Wildman–Crippen MR) is 191 cm³/mol. The first kappa shape index (κ1) is 25.7. The summed E-state index contributed by atoms with van der Waals surface area (Å²) in [6.07, 6.45) is 0. The Balaban J connectivity index is 1.27. The van der Waals surface area contributed by atoms with Gasteiger partial charge >= 0.3 is 0 Å². The summed E-state index contributed by atoms with van der Waals surface area (Å²) in [5.41, 5.74) is 11.8. The zero-order valence-electron chi connectivity index (χ0n) is 25.1. The third kappa shape index (κ3) is 3.81. The number of hydrogen-bond acceptors (Lipinski definition) is 3. The van der Waals surface area contributed by atoms with E-state index in [2.05, 4.69) is 108 Å². The van der Waals surface area contributed by atoms with Crippen LogP contribution in [-0.4, -0.2) is 4.57 Å². The fraction of sp³-hybridized carbons (Fsp3) is 0. The highest BCUT2D eigenvalue weighted by molar-refractivity contribution is 6.17. The zero-order valence-corrected chi connectivity index (χ0v) is 25.1. The highest BCUT2D eigenvalue weighted by Crippen LogP contribution is 2.41. The summed E-state index contributed by atoms with van der Waals surface area (Å²) < 4.78 is 14.8. The lowest BCUT2D eigenvalue weighted by Crippen LogP contribution is -1.96. The van der Waals surface area contributed by atoms with E-state index in [0.717, 1.165) is 88.2 Å². The first-order valence-corrected chi connectivity index (χ1v) is 15.6. The molecule has 7 aromatic carbocycles. The molecule has 0 aliphatic rings. The molecule has 0 saturated carbocycles. The van der Waals surface area contributed by atoms with Gasteiger partial charge in [-0.25, -0.2) is 0 Å². The van der Waals surface area contributed by atoms with Gasteiger partial charge in [-0.05, 0) is 89.0 Å². The van der Waals surface area contributed by atoms with Gasteiger partial charge in [0.15, 0.2) is 0 Å². The fourth-order valence-electron chi connectivity index (χ4n) is 7.24. The van der Waals surface area contributed by atoms with Gasteiger partial charge in [0.2, 0.25) is 0 Å². The Morgan fingerprint density at radius 1 is 0.426 bits per heavy atom. The maximum absolute atomic E-state index is 9.46. The molecule has 47 heavy (non-hydrogen) atoms. The van der Waals surface area contributed by atoms with E-state index in [0.29, 0.717) is 5.56 Å². The molecule has 0 N–H and O–H groups in total. The molecule has 0 saturated heterocycles. The molecule has 0 unspecified atom stereocenters. The van der Waals surface area contributed by atoms with E-state index in [9.17, 15) is 5.26 Å². The molecule has 0 spiro atoms. The number of aromatic nitrogens is 1. The van der Waals surface area contributed by atoms with Crippen molar-refractivity contribution in [2.45, 2.75) is 0 Å². The molecular weight excluding hydrogens is 576 g/mol. The summed E-state index contributed by atoms with van der Waals surface area (Å²) in [5.74, 6) is 0. The van der Waals surface area contributed by atoms with Crippen molar-refractivity contribution >= 4 is 65.7 Å². The van der Waals surface area contributed by atoms with E-state index >= 15 is 0 Å². The standard InChI is InChI=1S/C43H24N2O2/c44-25-26-13-15-27(16-14-26)30-19-18-29(22-34(30)28-17-20-42-36(21-28)32-8-2-5-11-40(32)46-42)45-38-10-4-1-7-31(38)35-24-43-37(23-39(35)45)33-9-3-6-12-41(33)47-43/h1-24H. The van der Waals surface area contributed by atoms with Crippen LogP contribution in [0.15, 0.2) is 154 Å². The van der Waals surface area contributed by atoms with Gasteiger partial charge in [-0.1, -0.05) is 78.9 Å². The maximum atomic E-state index is 9.46. The van der Waals surface area contributed by atoms with Gasteiger partial charge in [0.05, 0.1) is 22.7 Å². The van der Waals surface area contributed by atoms with Crippen molar-refractivity contribution in [1.82, 2.24) is 4.57 Å². The van der Waals surface area contributed by atoms with Crippen LogP contribution in [-0.2, 0) is 0 Å². The van der Waals surface area contributed by atoms with Crippen molar-refractivity contribution in [2.75, 3.05) is 0 Å². The SMILES string of the molecule is N#Cc1ccc(-c2ccc(-n3c4ccccc4c4cc5oc6ccccc6c5cc43)cc2-c2ccc3oc4ccccc4c3c2)cc1. The number of para-hydroxylation sites is 3. The second-order valence-electron chi connectivity index (χ2n) is 12.0. The number of rotatable bonds is 3. The molecule has 10 rings (SSSR count). The van der Waals surface area contributed by atoms with E-state index in [-0.39, 0.29) is 0 Å². The topological polar surface area (TPSA) is 55.0 Å². The molecule has 10 aromatic rings. The third-order valence-electron chi connectivity index (χ3n) is 9.45. The Kier molecular flexibility index (Phi) is 5.32. The summed E-state index contributed by atoms with van der Waals surface area (Å²) in [7, 11) is 0. The fourth-order valence-corrected chi connectivity index (χ4v) is 7.24. The van der Waals surface area contributed by atoms with Crippen LogP contribution >= 0.6 is 0 Å². The van der Waals surface area contributed by atoms with Gasteiger partial charge in [0.25, 0.3) is 0 Å². The Bertz CT molecular complexity index is 2910. The minimum Gasteiger partial charge on any atom is -0.456 e. The average molecular weight is 601 g/mol. The van der Waals surface area contributed by atoms with E-state index in [1.807, 2.05) is 48.5 Å². The third-order valence-corrected chi connectivity index (χ3v) is 9.45. The Labute approximate surface area is 268 Å². The number of furan rings is 2. The lowest BCUT2D eigenvalue weighted by Gasteiger charge is -2.15. The minimum absolute atomic E-state index is 0.640. The lowest BCUT2D eigenvalue weighted by molar-refractivity contribution is 0.669. The molecule has 0 aliphatic heterocycles. The van der Waals surface area contributed by atoms with Gasteiger partial charge in [-0.2, -0.15) is 5.26 Å². The number of benzene rings is 7. The predicted octanol–water partition coefficient (Wildman–Crippen LogP) is 11.8. The molecular formula is C43H24N2O2. The number of fused-ring (bicyclic) bond motifs is 9. The molecule has 0 bridgehead atoms. The lowest BCUT2D eigenvalue weighted by atomic mass is 9.92.